The molecule has 0 aromatic heterocycles. The molecule has 0 fully saturated rings. The maximum Gasteiger partial charge on any atom is 0.335 e. The first-order chi connectivity index (χ1) is 13.9. The molecule has 0 heterocycles. The molecular formula is C22H21NO5S. The van der Waals surface area contributed by atoms with Crippen LogP contribution in [0.25, 0.3) is 0 Å². The van der Waals surface area contributed by atoms with Gasteiger partial charge in [0.1, 0.15) is 5.75 Å². The number of rotatable bonds is 8. The number of methoxy groups -OCH3 is 1. The van der Waals surface area contributed by atoms with Gasteiger partial charge in [0, 0.05) is 11.8 Å². The maximum atomic E-state index is 12.5. The van der Waals surface area contributed by atoms with Gasteiger partial charge in [-0.25, -0.2) is 13.2 Å². The molecule has 3 rings (SSSR count). The maximum absolute atomic E-state index is 12.5. The molecule has 2 N–H and O–H groups in total. The average Bonchev–Trinajstić information content (AvgIpc) is 2.73. The summed E-state index contributed by atoms with van der Waals surface area (Å²) in [4.78, 5) is 11.0. The second kappa shape index (κ2) is 8.79. The highest BCUT2D eigenvalue weighted by Gasteiger charge is 2.15. The topological polar surface area (TPSA) is 92.7 Å². The lowest BCUT2D eigenvalue weighted by atomic mass is 10.0. The van der Waals surface area contributed by atoms with E-state index < -0.39 is 16.0 Å². The Morgan fingerprint density at radius 1 is 0.931 bits per heavy atom. The number of aryl methyl sites for hydroxylation is 2. The Morgan fingerprint density at radius 2 is 1.52 bits per heavy atom. The number of carboxylic acids is 1. The van der Waals surface area contributed by atoms with Gasteiger partial charge in [-0.15, -0.1) is 0 Å². The number of aromatic carboxylic acids is 1. The van der Waals surface area contributed by atoms with E-state index in [9.17, 15) is 13.2 Å². The molecule has 6 nitrogen and oxygen atoms in total. The van der Waals surface area contributed by atoms with Gasteiger partial charge in [-0.3, -0.25) is 4.72 Å². The number of hydrogen-bond acceptors (Lipinski definition) is 4. The summed E-state index contributed by atoms with van der Waals surface area (Å²) in [6.07, 6.45) is 1.52. The highest BCUT2D eigenvalue weighted by molar-refractivity contribution is 7.92. The Bertz CT molecular complexity index is 1090. The largest absolute Gasteiger partial charge is 0.497 e. The number of anilines is 1. The lowest BCUT2D eigenvalue weighted by molar-refractivity contribution is 0.0697. The fraction of sp³-hybridized carbons (Fsp3) is 0.136. The predicted octanol–water partition coefficient (Wildman–Crippen LogP) is 3.98. The quantitative estimate of drug-likeness (QED) is 0.585. The summed E-state index contributed by atoms with van der Waals surface area (Å²) < 4.78 is 32.7. The fourth-order valence-corrected chi connectivity index (χ4v) is 3.92. The summed E-state index contributed by atoms with van der Waals surface area (Å²) in [6, 6.07) is 20.3. The molecule has 0 aliphatic carbocycles. The second-order valence-electron chi connectivity index (χ2n) is 6.48. The van der Waals surface area contributed by atoms with E-state index in [2.05, 4.69) is 4.72 Å². The van der Waals surface area contributed by atoms with Gasteiger partial charge in [0.15, 0.2) is 0 Å². The molecule has 0 amide bonds. The van der Waals surface area contributed by atoms with Crippen LogP contribution in [-0.2, 0) is 22.9 Å². The van der Waals surface area contributed by atoms with E-state index >= 15 is 0 Å². The van der Waals surface area contributed by atoms with Crippen LogP contribution in [0.15, 0.2) is 77.7 Å². The number of hydrogen-bond donors (Lipinski definition) is 2. The first kappa shape index (κ1) is 20.4. The van der Waals surface area contributed by atoms with Crippen LogP contribution >= 0.6 is 0 Å². The molecule has 0 aliphatic heterocycles. The smallest absolute Gasteiger partial charge is 0.335 e. The molecule has 0 spiro atoms. The minimum atomic E-state index is -3.70. The highest BCUT2D eigenvalue weighted by atomic mass is 32.2. The van der Waals surface area contributed by atoms with Gasteiger partial charge in [-0.1, -0.05) is 30.3 Å². The summed E-state index contributed by atoms with van der Waals surface area (Å²) >= 11 is 0. The van der Waals surface area contributed by atoms with Crippen LogP contribution in [0.4, 0.5) is 5.69 Å². The van der Waals surface area contributed by atoms with Crippen LogP contribution in [0.3, 0.4) is 0 Å². The van der Waals surface area contributed by atoms with Gasteiger partial charge in [-0.2, -0.15) is 0 Å². The number of ether oxygens (including phenoxy) is 1. The van der Waals surface area contributed by atoms with Crippen molar-refractivity contribution >= 4 is 21.7 Å². The number of nitrogens with one attached hydrogen (secondary N) is 1. The van der Waals surface area contributed by atoms with Gasteiger partial charge in [0.2, 0.25) is 0 Å². The van der Waals surface area contributed by atoms with Crippen molar-refractivity contribution in [1.82, 2.24) is 0 Å². The molecule has 0 bridgehead atoms. The molecule has 0 saturated carbocycles. The highest BCUT2D eigenvalue weighted by Crippen LogP contribution is 2.21. The zero-order valence-electron chi connectivity index (χ0n) is 15.8. The van der Waals surface area contributed by atoms with Crippen molar-refractivity contribution in [3.63, 3.8) is 0 Å². The summed E-state index contributed by atoms with van der Waals surface area (Å²) in [5.74, 6) is -0.469. The van der Waals surface area contributed by atoms with Crippen molar-refractivity contribution in [3.05, 3.63) is 89.5 Å². The lowest BCUT2D eigenvalue weighted by Gasteiger charge is -2.10. The first-order valence-electron chi connectivity index (χ1n) is 8.95. The molecular weight excluding hydrogens is 390 g/mol. The van der Waals surface area contributed by atoms with E-state index in [0.717, 1.165) is 24.0 Å². The zero-order chi connectivity index (χ0) is 20.9. The SMILES string of the molecule is COc1cccc(S(=O)(=O)Nc2ccc(CCc3ccc(C(=O)O)cc3)cc2)c1. The van der Waals surface area contributed by atoms with Crippen molar-refractivity contribution in [1.29, 1.82) is 0 Å². The van der Waals surface area contributed by atoms with Crippen LogP contribution in [0, 0.1) is 0 Å². The van der Waals surface area contributed by atoms with Crippen molar-refractivity contribution in [2.45, 2.75) is 17.7 Å². The third-order valence-electron chi connectivity index (χ3n) is 4.46. The van der Waals surface area contributed by atoms with Gasteiger partial charge in [-0.05, 0) is 60.4 Å². The summed E-state index contributed by atoms with van der Waals surface area (Å²) in [6.45, 7) is 0. The molecule has 7 heteroatoms. The van der Waals surface area contributed by atoms with Crippen molar-refractivity contribution in [2.75, 3.05) is 11.8 Å². The Balaban J connectivity index is 1.63. The van der Waals surface area contributed by atoms with Crippen LogP contribution in [0.2, 0.25) is 0 Å². The van der Waals surface area contributed by atoms with E-state index in [1.54, 1.807) is 48.5 Å². The Hall–Kier alpha value is -3.32. The second-order valence-corrected chi connectivity index (χ2v) is 8.17. The van der Waals surface area contributed by atoms with Crippen molar-refractivity contribution < 1.29 is 23.1 Å². The number of benzene rings is 3. The first-order valence-corrected chi connectivity index (χ1v) is 10.4. The zero-order valence-corrected chi connectivity index (χ0v) is 16.6. The number of carbonyl (C=O) groups is 1. The molecule has 150 valence electrons. The van der Waals surface area contributed by atoms with E-state index in [1.165, 1.54) is 19.2 Å². The van der Waals surface area contributed by atoms with Crippen molar-refractivity contribution in [3.8, 4) is 5.75 Å². The summed E-state index contributed by atoms with van der Waals surface area (Å²) in [5, 5.41) is 8.93. The van der Waals surface area contributed by atoms with Gasteiger partial charge in [0.05, 0.1) is 17.6 Å². The van der Waals surface area contributed by atoms with Crippen LogP contribution in [0.5, 0.6) is 5.75 Å². The van der Waals surface area contributed by atoms with Crippen LogP contribution < -0.4 is 9.46 Å². The average molecular weight is 411 g/mol. The van der Waals surface area contributed by atoms with Crippen molar-refractivity contribution in [2.24, 2.45) is 0 Å². The summed E-state index contributed by atoms with van der Waals surface area (Å²) in [5.41, 5.74) is 2.83. The lowest BCUT2D eigenvalue weighted by Crippen LogP contribution is -2.13. The number of sulfonamides is 1. The Labute approximate surface area is 169 Å². The third-order valence-corrected chi connectivity index (χ3v) is 5.84. The molecule has 0 atom stereocenters. The molecule has 0 radical (unpaired) electrons. The van der Waals surface area contributed by atoms with Gasteiger partial charge >= 0.3 is 5.97 Å². The number of carboxylic acid groups (broad SMARTS) is 1. The normalized spacial score (nSPS) is 11.1. The molecule has 29 heavy (non-hydrogen) atoms. The standard InChI is InChI=1S/C22H21NO5S/c1-28-20-3-2-4-21(15-20)29(26,27)23-19-13-9-17(10-14-19)6-5-16-7-11-18(12-8-16)22(24)25/h2-4,7-15,23H,5-6H2,1H3,(H,24,25). The predicted molar refractivity (Wildman–Crippen MR) is 111 cm³/mol. The third kappa shape index (κ3) is 5.36. The van der Waals surface area contributed by atoms with E-state index in [4.69, 9.17) is 9.84 Å². The van der Waals surface area contributed by atoms with Gasteiger partial charge < -0.3 is 9.84 Å². The van der Waals surface area contributed by atoms with Crippen LogP contribution in [0.1, 0.15) is 21.5 Å². The van der Waals surface area contributed by atoms with Crippen LogP contribution in [-0.4, -0.2) is 26.6 Å². The van der Waals surface area contributed by atoms with E-state index in [-0.39, 0.29) is 10.5 Å². The Morgan fingerprint density at radius 3 is 2.07 bits per heavy atom. The molecule has 0 aliphatic rings. The monoisotopic (exact) mass is 411 g/mol. The molecule has 0 saturated heterocycles. The fourth-order valence-electron chi connectivity index (χ4n) is 2.82. The molecule has 3 aromatic carbocycles. The molecule has 0 unspecified atom stereocenters. The van der Waals surface area contributed by atoms with Gasteiger partial charge in [0.25, 0.3) is 10.0 Å². The minimum Gasteiger partial charge on any atom is -0.497 e. The molecule has 3 aromatic rings. The summed E-state index contributed by atoms with van der Waals surface area (Å²) in [7, 11) is -2.22. The minimum absolute atomic E-state index is 0.130. The Kier molecular flexibility index (Phi) is 6.19. The van der Waals surface area contributed by atoms with E-state index in [1.807, 2.05) is 12.1 Å². The van der Waals surface area contributed by atoms with E-state index in [0.29, 0.717) is 11.4 Å².